The molecule has 0 radical (unpaired) electrons. The van der Waals surface area contributed by atoms with Gasteiger partial charge in [-0.05, 0) is 23.8 Å². The van der Waals surface area contributed by atoms with Gasteiger partial charge in [0.05, 0.1) is 5.56 Å². The van der Waals surface area contributed by atoms with Crippen molar-refractivity contribution in [1.29, 1.82) is 0 Å². The Morgan fingerprint density at radius 3 is 2.88 bits per heavy atom. The van der Waals surface area contributed by atoms with Gasteiger partial charge >= 0.3 is 0 Å². The quantitative estimate of drug-likeness (QED) is 0.570. The van der Waals surface area contributed by atoms with Gasteiger partial charge in [-0.25, -0.2) is 14.4 Å². The number of ether oxygens (including phenoxy) is 1. The summed E-state index contributed by atoms with van der Waals surface area (Å²) in [5.41, 5.74) is 0.918. The molecule has 8 heteroatoms. The Bertz CT molecular complexity index is 891. The number of imidazole rings is 1. The van der Waals surface area contributed by atoms with Gasteiger partial charge in [0.25, 0.3) is 5.91 Å². The summed E-state index contributed by atoms with van der Waals surface area (Å²) in [6.07, 6.45) is 4.02. The van der Waals surface area contributed by atoms with Crippen LogP contribution in [0.25, 0.3) is 16.8 Å². The van der Waals surface area contributed by atoms with Crippen molar-refractivity contribution in [2.45, 2.75) is 0 Å². The van der Waals surface area contributed by atoms with E-state index in [1.54, 1.807) is 28.8 Å². The van der Waals surface area contributed by atoms with E-state index in [-0.39, 0.29) is 23.9 Å². The van der Waals surface area contributed by atoms with Crippen molar-refractivity contribution in [2.75, 3.05) is 13.8 Å². The number of benzene rings is 1. The van der Waals surface area contributed by atoms with E-state index in [0.717, 1.165) is 12.3 Å². The zero-order valence-corrected chi connectivity index (χ0v) is 13.2. The first-order valence-electron chi connectivity index (χ1n) is 7.32. The van der Waals surface area contributed by atoms with Crippen molar-refractivity contribution in [3.8, 4) is 16.8 Å². The van der Waals surface area contributed by atoms with Gasteiger partial charge in [0.2, 0.25) is 5.95 Å². The highest BCUT2D eigenvalue weighted by Crippen LogP contribution is 2.26. The van der Waals surface area contributed by atoms with Crippen LogP contribution in [-0.2, 0) is 4.74 Å². The molecule has 1 aromatic carbocycles. The van der Waals surface area contributed by atoms with Gasteiger partial charge in [0, 0.05) is 25.2 Å². The molecule has 0 aliphatic rings. The third kappa shape index (κ3) is 3.53. The van der Waals surface area contributed by atoms with Crippen LogP contribution in [0.2, 0.25) is 0 Å². The second kappa shape index (κ2) is 7.18. The SMILES string of the molecule is COCNC(=O)c1cn(-c2cccc(-c3c(F)ccnc3F)c2)cn1. The Morgan fingerprint density at radius 2 is 2.12 bits per heavy atom. The van der Waals surface area contributed by atoms with Gasteiger partial charge in [0.15, 0.2) is 0 Å². The Kier molecular flexibility index (Phi) is 4.80. The molecule has 0 saturated heterocycles. The topological polar surface area (TPSA) is 69.0 Å². The third-order valence-corrected chi connectivity index (χ3v) is 3.48. The van der Waals surface area contributed by atoms with E-state index in [4.69, 9.17) is 4.74 Å². The zero-order valence-electron chi connectivity index (χ0n) is 13.2. The Morgan fingerprint density at radius 1 is 1.28 bits per heavy atom. The number of rotatable bonds is 5. The molecule has 0 unspecified atom stereocenters. The molecule has 3 rings (SSSR count). The average Bonchev–Trinajstić information content (AvgIpc) is 3.10. The van der Waals surface area contributed by atoms with Crippen LogP contribution < -0.4 is 5.32 Å². The summed E-state index contributed by atoms with van der Waals surface area (Å²) in [6.45, 7) is 0.0702. The number of aromatic nitrogens is 3. The highest BCUT2D eigenvalue weighted by molar-refractivity contribution is 5.92. The Hall–Kier alpha value is -3.13. The smallest absolute Gasteiger partial charge is 0.273 e. The van der Waals surface area contributed by atoms with E-state index in [9.17, 15) is 13.6 Å². The summed E-state index contributed by atoms with van der Waals surface area (Å²) in [5, 5.41) is 2.52. The van der Waals surface area contributed by atoms with E-state index in [1.165, 1.54) is 19.6 Å². The lowest BCUT2D eigenvalue weighted by Crippen LogP contribution is -2.25. The maximum absolute atomic E-state index is 13.9. The number of pyridine rings is 1. The summed E-state index contributed by atoms with van der Waals surface area (Å²) in [5.74, 6) is -1.97. The number of nitrogens with zero attached hydrogens (tertiary/aromatic N) is 3. The van der Waals surface area contributed by atoms with Crippen molar-refractivity contribution in [3.63, 3.8) is 0 Å². The standard InChI is InChI=1S/C17H14F2N4O2/c1-25-10-22-17(24)14-8-23(9-21-14)12-4-2-3-11(7-12)15-13(18)5-6-20-16(15)19/h2-9H,10H2,1H3,(H,22,24). The van der Waals surface area contributed by atoms with Crippen LogP contribution in [0.5, 0.6) is 0 Å². The number of methoxy groups -OCH3 is 1. The minimum atomic E-state index is -0.887. The fourth-order valence-electron chi connectivity index (χ4n) is 2.30. The molecule has 0 aliphatic heterocycles. The molecule has 0 atom stereocenters. The normalized spacial score (nSPS) is 10.7. The predicted octanol–water partition coefficient (Wildman–Crippen LogP) is 2.55. The molecular weight excluding hydrogens is 330 g/mol. The number of nitrogens with one attached hydrogen (secondary N) is 1. The van der Waals surface area contributed by atoms with Crippen LogP contribution in [0.15, 0.2) is 49.1 Å². The van der Waals surface area contributed by atoms with Crippen LogP contribution in [0, 0.1) is 11.8 Å². The number of halogens is 2. The fraction of sp³-hybridized carbons (Fsp3) is 0.118. The maximum Gasteiger partial charge on any atom is 0.273 e. The number of hydrogen-bond donors (Lipinski definition) is 1. The van der Waals surface area contributed by atoms with Crippen molar-refractivity contribution in [2.24, 2.45) is 0 Å². The molecule has 128 valence electrons. The highest BCUT2D eigenvalue weighted by Gasteiger charge is 2.14. The van der Waals surface area contributed by atoms with Gasteiger partial charge in [-0.15, -0.1) is 0 Å². The molecule has 2 aromatic heterocycles. The minimum absolute atomic E-state index is 0.0702. The summed E-state index contributed by atoms with van der Waals surface area (Å²) in [7, 11) is 1.46. The highest BCUT2D eigenvalue weighted by atomic mass is 19.1. The lowest BCUT2D eigenvalue weighted by atomic mass is 10.1. The first-order valence-corrected chi connectivity index (χ1v) is 7.32. The molecule has 0 bridgehead atoms. The van der Waals surface area contributed by atoms with Gasteiger partial charge < -0.3 is 14.6 Å². The van der Waals surface area contributed by atoms with E-state index in [2.05, 4.69) is 15.3 Å². The lowest BCUT2D eigenvalue weighted by molar-refractivity contribution is 0.0867. The maximum atomic E-state index is 13.9. The largest absolute Gasteiger partial charge is 0.364 e. The molecule has 0 spiro atoms. The summed E-state index contributed by atoms with van der Waals surface area (Å²) >= 11 is 0. The van der Waals surface area contributed by atoms with Crippen LogP contribution in [0.3, 0.4) is 0 Å². The van der Waals surface area contributed by atoms with Gasteiger partial charge in [-0.2, -0.15) is 4.39 Å². The molecule has 3 aromatic rings. The van der Waals surface area contributed by atoms with Gasteiger partial charge in [0.1, 0.15) is 24.6 Å². The first-order chi connectivity index (χ1) is 12.1. The second-order valence-corrected chi connectivity index (χ2v) is 5.11. The lowest BCUT2D eigenvalue weighted by Gasteiger charge is -2.07. The number of amides is 1. The molecule has 0 saturated carbocycles. The van der Waals surface area contributed by atoms with Crippen LogP contribution in [0.1, 0.15) is 10.5 Å². The Labute approximate surface area is 142 Å². The number of hydrogen-bond acceptors (Lipinski definition) is 4. The molecule has 0 aliphatic carbocycles. The van der Waals surface area contributed by atoms with E-state index >= 15 is 0 Å². The molecule has 6 nitrogen and oxygen atoms in total. The molecule has 1 N–H and O–H groups in total. The van der Waals surface area contributed by atoms with Crippen molar-refractivity contribution >= 4 is 5.91 Å². The van der Waals surface area contributed by atoms with Gasteiger partial charge in [-0.3, -0.25) is 4.79 Å². The van der Waals surface area contributed by atoms with Crippen LogP contribution in [0.4, 0.5) is 8.78 Å². The molecule has 0 fully saturated rings. The molecule has 2 heterocycles. The van der Waals surface area contributed by atoms with Crippen LogP contribution >= 0.6 is 0 Å². The fourth-order valence-corrected chi connectivity index (χ4v) is 2.30. The number of carbonyl (C=O) groups excluding carboxylic acids is 1. The monoisotopic (exact) mass is 344 g/mol. The predicted molar refractivity (Wildman–Crippen MR) is 86.1 cm³/mol. The van der Waals surface area contributed by atoms with Crippen molar-refractivity contribution < 1.29 is 18.3 Å². The first kappa shape index (κ1) is 16.7. The third-order valence-electron chi connectivity index (χ3n) is 3.48. The zero-order chi connectivity index (χ0) is 17.8. The summed E-state index contributed by atoms with van der Waals surface area (Å²) in [4.78, 5) is 19.4. The Balaban J connectivity index is 1.93. The average molecular weight is 344 g/mol. The summed E-state index contributed by atoms with van der Waals surface area (Å²) in [6, 6.07) is 7.65. The number of carbonyl (C=O) groups is 1. The van der Waals surface area contributed by atoms with Crippen LogP contribution in [-0.4, -0.2) is 34.3 Å². The molecule has 1 amide bonds. The van der Waals surface area contributed by atoms with E-state index < -0.39 is 11.8 Å². The van der Waals surface area contributed by atoms with Crippen molar-refractivity contribution in [1.82, 2.24) is 19.9 Å². The van der Waals surface area contributed by atoms with E-state index in [0.29, 0.717) is 11.3 Å². The van der Waals surface area contributed by atoms with Crippen molar-refractivity contribution in [3.05, 3.63) is 66.5 Å². The summed E-state index contributed by atoms with van der Waals surface area (Å²) < 4.78 is 34.1. The minimum Gasteiger partial charge on any atom is -0.364 e. The van der Waals surface area contributed by atoms with Gasteiger partial charge in [-0.1, -0.05) is 12.1 Å². The van der Waals surface area contributed by atoms with E-state index in [1.807, 2.05) is 0 Å². The molecular formula is C17H14F2N4O2. The molecule has 25 heavy (non-hydrogen) atoms. The second-order valence-electron chi connectivity index (χ2n) is 5.11.